The molecule has 4 N–H and O–H groups in total. The first kappa shape index (κ1) is 23.3. The first-order valence-electron chi connectivity index (χ1n) is 5.22. The monoisotopic (exact) mass is 300 g/mol. The van der Waals surface area contributed by atoms with E-state index in [9.17, 15) is 0 Å². The Balaban J connectivity index is -0.000000254. The third-order valence-corrected chi connectivity index (χ3v) is 1.66. The minimum atomic E-state index is 0.750. The summed E-state index contributed by atoms with van der Waals surface area (Å²) in [6.07, 6.45) is 3.00. The van der Waals surface area contributed by atoms with Gasteiger partial charge in [0.2, 0.25) is 24.3 Å². The molecule has 0 bridgehead atoms. The summed E-state index contributed by atoms with van der Waals surface area (Å²) in [6, 6.07) is 16.7. The van der Waals surface area contributed by atoms with Crippen LogP contribution in [-0.4, -0.2) is 24.3 Å². The van der Waals surface area contributed by atoms with E-state index in [2.05, 4.69) is 48.5 Å². The first-order chi connectivity index (χ1) is 10.6. The summed E-state index contributed by atoms with van der Waals surface area (Å²) in [5.41, 5.74) is 0. The molecule has 22 heavy (non-hydrogen) atoms. The molecular formula is C14H12N4O4. The minimum absolute atomic E-state index is 0.750. The molecule has 2 aromatic rings. The number of nitrogens with one attached hydrogen (secondary N) is 4. The normalized spacial score (nSPS) is 6.00. The number of carbonyl (C=O) groups excluding carboxylic acids is 4. The van der Waals surface area contributed by atoms with Crippen LogP contribution in [0.15, 0.2) is 48.5 Å². The van der Waals surface area contributed by atoms with Gasteiger partial charge in [-0.1, -0.05) is 48.5 Å². The Kier molecular flexibility index (Phi) is 23.8. The van der Waals surface area contributed by atoms with E-state index in [1.54, 1.807) is 0 Å². The molecule has 0 radical (unpaired) electrons. The van der Waals surface area contributed by atoms with E-state index in [0.29, 0.717) is 0 Å². The van der Waals surface area contributed by atoms with Crippen molar-refractivity contribution in [2.75, 3.05) is 0 Å². The molecule has 0 aromatic heterocycles. The average Bonchev–Trinajstić information content (AvgIpc) is 2.51. The molecule has 0 aliphatic rings. The quantitative estimate of drug-likeness (QED) is 0.434. The van der Waals surface area contributed by atoms with E-state index in [1.165, 1.54) is 10.8 Å². The summed E-state index contributed by atoms with van der Waals surface area (Å²) in [7, 11) is 0. The van der Waals surface area contributed by atoms with Gasteiger partial charge in [0.1, 0.15) is 0 Å². The summed E-state index contributed by atoms with van der Waals surface area (Å²) in [5.74, 6) is 0. The fraction of sp³-hybridized carbons (Fsp3) is 0. The van der Waals surface area contributed by atoms with E-state index in [1.807, 2.05) is 0 Å². The predicted octanol–water partition coefficient (Wildman–Crippen LogP) is 2.44. The highest BCUT2D eigenvalue weighted by molar-refractivity contribution is 5.81. The van der Waals surface area contributed by atoms with Crippen LogP contribution in [0.3, 0.4) is 0 Å². The van der Waals surface area contributed by atoms with Crippen molar-refractivity contribution in [2.24, 2.45) is 0 Å². The molecule has 8 nitrogen and oxygen atoms in total. The standard InChI is InChI=1S/C10H8.4CHNO/c1-2-6-10-8-4-3-7-9(10)5-1;4*2-1-3/h1-8H;4*2H. The van der Waals surface area contributed by atoms with Gasteiger partial charge in [0.05, 0.1) is 0 Å². The molecular weight excluding hydrogens is 288 g/mol. The van der Waals surface area contributed by atoms with Gasteiger partial charge in [0.25, 0.3) is 0 Å². The fourth-order valence-corrected chi connectivity index (χ4v) is 1.13. The number of hydrogen-bond donors (Lipinski definition) is 4. The number of benzene rings is 2. The summed E-state index contributed by atoms with van der Waals surface area (Å²) in [6.45, 7) is 0. The molecule has 112 valence electrons. The fourth-order valence-electron chi connectivity index (χ4n) is 1.13. The molecule has 2 aromatic carbocycles. The van der Waals surface area contributed by atoms with Crippen LogP contribution in [-0.2, 0) is 19.2 Å². The second kappa shape index (κ2) is 22.4. The lowest BCUT2D eigenvalue weighted by molar-refractivity contribution is 0.562. The van der Waals surface area contributed by atoms with Crippen LogP contribution in [0.25, 0.3) is 10.8 Å². The van der Waals surface area contributed by atoms with Crippen LogP contribution in [0.1, 0.15) is 0 Å². The Morgan fingerprint density at radius 3 is 0.773 bits per heavy atom. The predicted molar refractivity (Wildman–Crippen MR) is 77.6 cm³/mol. The van der Waals surface area contributed by atoms with Gasteiger partial charge < -0.3 is 0 Å². The second-order valence-corrected chi connectivity index (χ2v) is 2.76. The van der Waals surface area contributed by atoms with Crippen molar-refractivity contribution in [1.29, 1.82) is 21.6 Å². The average molecular weight is 300 g/mol. The number of fused-ring (bicyclic) bond motifs is 1. The van der Waals surface area contributed by atoms with Crippen molar-refractivity contribution >= 4 is 35.1 Å². The first-order valence-corrected chi connectivity index (χ1v) is 5.22. The Labute approximate surface area is 125 Å². The van der Waals surface area contributed by atoms with Crippen molar-refractivity contribution in [3.8, 4) is 0 Å². The molecule has 0 aliphatic carbocycles. The number of rotatable bonds is 0. The molecule has 0 saturated heterocycles. The highest BCUT2D eigenvalue weighted by atomic mass is 16.1. The van der Waals surface area contributed by atoms with Crippen molar-refractivity contribution < 1.29 is 19.2 Å². The van der Waals surface area contributed by atoms with Crippen molar-refractivity contribution in [3.63, 3.8) is 0 Å². The molecule has 0 heterocycles. The number of isocyanates is 4. The lowest BCUT2D eigenvalue weighted by Crippen LogP contribution is -1.67. The Morgan fingerprint density at radius 1 is 0.500 bits per heavy atom. The topological polar surface area (TPSA) is 164 Å². The Bertz CT molecular complexity index is 548. The van der Waals surface area contributed by atoms with Crippen LogP contribution in [0, 0.1) is 21.6 Å². The van der Waals surface area contributed by atoms with Gasteiger partial charge in [-0.3, -0.25) is 0 Å². The van der Waals surface area contributed by atoms with Crippen LogP contribution >= 0.6 is 0 Å². The zero-order valence-corrected chi connectivity index (χ0v) is 11.3. The highest BCUT2D eigenvalue weighted by Crippen LogP contribution is 2.11. The molecule has 0 saturated carbocycles. The van der Waals surface area contributed by atoms with Gasteiger partial charge in [-0.05, 0) is 10.8 Å². The summed E-state index contributed by atoms with van der Waals surface area (Å²) < 4.78 is 0. The van der Waals surface area contributed by atoms with Crippen LogP contribution < -0.4 is 0 Å². The maximum atomic E-state index is 8.35. The molecule has 0 amide bonds. The van der Waals surface area contributed by atoms with Gasteiger partial charge in [0, 0.05) is 0 Å². The molecule has 0 spiro atoms. The second-order valence-electron chi connectivity index (χ2n) is 2.76. The molecule has 0 atom stereocenters. The van der Waals surface area contributed by atoms with E-state index in [4.69, 9.17) is 40.8 Å². The van der Waals surface area contributed by atoms with Crippen molar-refractivity contribution in [1.82, 2.24) is 0 Å². The third kappa shape index (κ3) is 18.6. The van der Waals surface area contributed by atoms with Gasteiger partial charge in [0.15, 0.2) is 0 Å². The van der Waals surface area contributed by atoms with Crippen LogP contribution in [0.4, 0.5) is 0 Å². The van der Waals surface area contributed by atoms with E-state index in [0.717, 1.165) is 24.3 Å². The lowest BCUT2D eigenvalue weighted by atomic mass is 10.1. The van der Waals surface area contributed by atoms with Gasteiger partial charge in [-0.15, -0.1) is 0 Å². The maximum absolute atomic E-state index is 8.35. The maximum Gasteiger partial charge on any atom is 0.231 e. The van der Waals surface area contributed by atoms with Gasteiger partial charge in [-0.25, -0.2) is 40.8 Å². The minimum Gasteiger partial charge on any atom is -0.222 e. The van der Waals surface area contributed by atoms with Crippen molar-refractivity contribution in [3.05, 3.63) is 48.5 Å². The SMILES string of the molecule is N=C=O.N=C=O.N=C=O.N=C=O.c1ccc2ccccc2c1. The Hall–Kier alpha value is -3.78. The molecule has 0 unspecified atom stereocenters. The third-order valence-electron chi connectivity index (χ3n) is 1.66. The summed E-state index contributed by atoms with van der Waals surface area (Å²) in [5, 5.41) is 24.2. The summed E-state index contributed by atoms with van der Waals surface area (Å²) >= 11 is 0. The largest absolute Gasteiger partial charge is 0.231 e. The zero-order valence-electron chi connectivity index (χ0n) is 11.3. The smallest absolute Gasteiger partial charge is 0.222 e. The zero-order chi connectivity index (χ0) is 17.6. The van der Waals surface area contributed by atoms with Gasteiger partial charge in [-0.2, -0.15) is 0 Å². The molecule has 0 fully saturated rings. The molecule has 8 heteroatoms. The Morgan fingerprint density at radius 2 is 0.636 bits per heavy atom. The molecule has 0 aliphatic heterocycles. The van der Waals surface area contributed by atoms with Gasteiger partial charge >= 0.3 is 0 Å². The van der Waals surface area contributed by atoms with Crippen LogP contribution in [0.5, 0.6) is 0 Å². The number of hydrogen-bond acceptors (Lipinski definition) is 8. The molecule has 2 rings (SSSR count). The van der Waals surface area contributed by atoms with Crippen molar-refractivity contribution in [2.45, 2.75) is 0 Å². The summed E-state index contributed by atoms with van der Waals surface area (Å²) in [4.78, 5) is 33.4. The van der Waals surface area contributed by atoms with E-state index >= 15 is 0 Å². The van der Waals surface area contributed by atoms with Crippen LogP contribution in [0.2, 0.25) is 0 Å². The lowest BCUT2D eigenvalue weighted by Gasteiger charge is -1.92. The van der Waals surface area contributed by atoms with E-state index < -0.39 is 0 Å². The highest BCUT2D eigenvalue weighted by Gasteiger charge is 1.85. The van der Waals surface area contributed by atoms with E-state index in [-0.39, 0.29) is 0 Å².